The Hall–Kier alpha value is -5.40. The molecule has 14 heteroatoms. The molecule has 4 heterocycles. The highest BCUT2D eigenvalue weighted by molar-refractivity contribution is 5.87. The van der Waals surface area contributed by atoms with Gasteiger partial charge in [-0.05, 0) is 110 Å². The van der Waals surface area contributed by atoms with Gasteiger partial charge in [-0.2, -0.15) is 0 Å². The molecule has 14 nitrogen and oxygen atoms in total. The lowest BCUT2D eigenvalue weighted by Crippen LogP contribution is -2.51. The van der Waals surface area contributed by atoms with E-state index in [1.54, 1.807) is 0 Å². The third-order valence-electron chi connectivity index (χ3n) is 14.2. The number of ether oxygens (including phenoxy) is 2. The second-order valence-corrected chi connectivity index (χ2v) is 18.3. The quantitative estimate of drug-likeness (QED) is 0.120. The van der Waals surface area contributed by atoms with E-state index in [1.165, 1.54) is 25.5 Å². The van der Waals surface area contributed by atoms with E-state index in [0.717, 1.165) is 98.0 Å². The molecule has 4 amide bonds. The summed E-state index contributed by atoms with van der Waals surface area (Å²) >= 11 is 0. The first-order valence-corrected chi connectivity index (χ1v) is 21.8. The number of amides is 4. The summed E-state index contributed by atoms with van der Waals surface area (Å²) in [5, 5.41) is 5.47. The highest BCUT2D eigenvalue weighted by Gasteiger charge is 2.51. The lowest BCUT2D eigenvalue weighted by molar-refractivity contribution is -0.136. The van der Waals surface area contributed by atoms with Crippen LogP contribution in [0.4, 0.5) is 9.59 Å². The summed E-state index contributed by atoms with van der Waals surface area (Å²) in [5.74, 6) is 1.22. The predicted octanol–water partition coefficient (Wildman–Crippen LogP) is 7.58. The Morgan fingerprint density at radius 2 is 1.22 bits per heavy atom. The Labute approximate surface area is 352 Å². The summed E-state index contributed by atoms with van der Waals surface area (Å²) < 4.78 is 9.59. The maximum Gasteiger partial charge on any atom is 0.407 e. The molecule has 5 fully saturated rings. The van der Waals surface area contributed by atoms with Gasteiger partial charge in [-0.25, -0.2) is 19.6 Å². The van der Waals surface area contributed by atoms with Gasteiger partial charge in [0.25, 0.3) is 0 Å². The number of aromatic amines is 2. The summed E-state index contributed by atoms with van der Waals surface area (Å²) in [6.07, 6.45) is 10.8. The van der Waals surface area contributed by atoms with Crippen LogP contribution in [-0.4, -0.2) is 93.1 Å². The number of imidazole rings is 2. The van der Waals surface area contributed by atoms with E-state index >= 15 is 0 Å². The van der Waals surface area contributed by atoms with Crippen molar-refractivity contribution in [3.05, 3.63) is 71.6 Å². The maximum atomic E-state index is 13.7. The number of carbonyl (C=O) groups is 4. The number of alkyl carbamates (subject to hydrolysis) is 2. The van der Waals surface area contributed by atoms with E-state index in [-0.39, 0.29) is 46.6 Å². The number of benzene rings is 2. The minimum absolute atomic E-state index is 0.0600. The lowest BCUT2D eigenvalue weighted by Gasteiger charge is -2.53. The van der Waals surface area contributed by atoms with Gasteiger partial charge >= 0.3 is 12.2 Å². The molecule has 3 saturated carbocycles. The third kappa shape index (κ3) is 7.62. The molecule has 2 aromatic carbocycles. The zero-order valence-corrected chi connectivity index (χ0v) is 35.8. The van der Waals surface area contributed by atoms with Crippen LogP contribution in [0.15, 0.2) is 48.7 Å². The number of nitrogens with one attached hydrogen (secondary N) is 4. The van der Waals surface area contributed by atoms with E-state index in [9.17, 15) is 19.2 Å². The molecule has 4 aromatic rings. The smallest absolute Gasteiger partial charge is 0.407 e. The molecule has 2 saturated heterocycles. The van der Waals surface area contributed by atoms with Gasteiger partial charge in [-0.3, -0.25) is 9.59 Å². The van der Waals surface area contributed by atoms with E-state index in [4.69, 9.17) is 19.4 Å². The molecule has 3 aliphatic carbocycles. The normalized spacial score (nSPS) is 24.9. The average Bonchev–Trinajstić information content (AvgIpc) is 4.11. The molecule has 2 aromatic heterocycles. The standard InChI is InChI=1S/C46H60N8O6/c1-27(2)37(51-43(57)59-5)41(55)53-23-7-9-34(53)39-47-26-36(50-39)46-20-17-45(18-21-46,19-22-46)31-14-11-29(12-15-31)30-13-16-32-33(25-30)49-40(48-32)35-10-8-24-54(35)42(56)38(28(3)4)52-44(58)60-6/h11-16,25-28,34-35,37-38H,7-10,17-24H2,1-6H3,(H,47,50)(H,48,49)(H,51,57)(H,52,58)/t34-,35-,37-,38-,45?,46?/m0/s1. The molecular weight excluding hydrogens is 761 g/mol. The van der Waals surface area contributed by atoms with Crippen LogP contribution in [0.3, 0.4) is 0 Å². The van der Waals surface area contributed by atoms with Crippen molar-refractivity contribution in [2.45, 2.75) is 127 Å². The first-order chi connectivity index (χ1) is 28.8. The van der Waals surface area contributed by atoms with Crippen LogP contribution in [0, 0.1) is 11.8 Å². The van der Waals surface area contributed by atoms with Crippen LogP contribution in [0.5, 0.6) is 0 Å². The maximum absolute atomic E-state index is 13.7. The Bertz CT molecular complexity index is 2200. The largest absolute Gasteiger partial charge is 0.453 e. The summed E-state index contributed by atoms with van der Waals surface area (Å²) in [4.78, 5) is 72.2. The Balaban J connectivity index is 0.925. The average molecular weight is 821 g/mol. The molecule has 60 heavy (non-hydrogen) atoms. The van der Waals surface area contributed by atoms with Crippen molar-refractivity contribution in [2.75, 3.05) is 27.3 Å². The number of aromatic nitrogens is 4. The first kappa shape index (κ1) is 41.3. The van der Waals surface area contributed by atoms with E-state index in [2.05, 4.69) is 57.0 Å². The highest BCUT2D eigenvalue weighted by Crippen LogP contribution is 2.58. The molecule has 0 unspecified atom stereocenters. The van der Waals surface area contributed by atoms with Crippen LogP contribution in [0.1, 0.15) is 127 Å². The Morgan fingerprint density at radius 3 is 1.75 bits per heavy atom. The third-order valence-corrected chi connectivity index (χ3v) is 14.2. The van der Waals surface area contributed by atoms with Crippen LogP contribution in [0.2, 0.25) is 0 Å². The second kappa shape index (κ2) is 16.6. The molecule has 0 spiro atoms. The molecule has 2 aliphatic heterocycles. The number of carbonyl (C=O) groups excluding carboxylic acids is 4. The van der Waals surface area contributed by atoms with E-state index in [0.29, 0.717) is 13.1 Å². The number of hydrogen-bond donors (Lipinski definition) is 4. The monoisotopic (exact) mass is 820 g/mol. The summed E-state index contributed by atoms with van der Waals surface area (Å²) in [6, 6.07) is 13.8. The van der Waals surface area contributed by atoms with E-state index in [1.807, 2.05) is 49.8 Å². The molecule has 320 valence electrons. The van der Waals surface area contributed by atoms with Gasteiger partial charge in [0.2, 0.25) is 11.8 Å². The number of fused-ring (bicyclic) bond motifs is 4. The molecule has 9 rings (SSSR count). The van der Waals surface area contributed by atoms with Crippen molar-refractivity contribution in [1.82, 2.24) is 40.4 Å². The first-order valence-electron chi connectivity index (χ1n) is 21.8. The predicted molar refractivity (Wildman–Crippen MR) is 227 cm³/mol. The fraction of sp³-hybridized carbons (Fsp3) is 0.565. The van der Waals surface area contributed by atoms with Crippen LogP contribution >= 0.6 is 0 Å². The molecule has 4 atom stereocenters. The van der Waals surface area contributed by atoms with Gasteiger partial charge in [-0.15, -0.1) is 0 Å². The zero-order valence-electron chi connectivity index (χ0n) is 35.8. The van der Waals surface area contributed by atoms with Gasteiger partial charge in [0.05, 0.1) is 37.3 Å². The van der Waals surface area contributed by atoms with E-state index < -0.39 is 24.3 Å². The van der Waals surface area contributed by atoms with Crippen molar-refractivity contribution in [2.24, 2.45) is 11.8 Å². The van der Waals surface area contributed by atoms with Crippen LogP contribution in [-0.2, 0) is 29.9 Å². The second-order valence-electron chi connectivity index (χ2n) is 18.3. The van der Waals surface area contributed by atoms with Gasteiger partial charge in [0.15, 0.2) is 0 Å². The van der Waals surface area contributed by atoms with Gasteiger partial charge in [0.1, 0.15) is 23.7 Å². The van der Waals surface area contributed by atoms with Crippen LogP contribution in [0.25, 0.3) is 22.2 Å². The minimum atomic E-state index is -0.678. The van der Waals surface area contributed by atoms with Crippen molar-refractivity contribution in [1.29, 1.82) is 0 Å². The number of H-pyrrole nitrogens is 2. The zero-order chi connectivity index (χ0) is 42.3. The van der Waals surface area contributed by atoms with Crippen molar-refractivity contribution < 1.29 is 28.7 Å². The summed E-state index contributed by atoms with van der Waals surface area (Å²) in [5.41, 5.74) is 6.84. The molecule has 5 aliphatic rings. The SMILES string of the molecule is COC(=O)N[C@H](C(=O)N1CCC[C@H]1c1ncc(C23CCC(c4ccc(-c5ccc6nc([C@@H]7CCCN7C(=O)[C@@H](NC(=O)OC)C(C)C)[nH]c6c5)cc4)(CC2)CC3)[nH]1)C(C)C. The van der Waals surface area contributed by atoms with Gasteiger partial charge in [0, 0.05) is 30.4 Å². The van der Waals surface area contributed by atoms with Gasteiger partial charge in [-0.1, -0.05) is 58.0 Å². The number of hydrogen-bond acceptors (Lipinski definition) is 8. The van der Waals surface area contributed by atoms with Crippen molar-refractivity contribution >= 4 is 35.0 Å². The molecule has 4 N–H and O–H groups in total. The molecule has 2 bridgehead atoms. The van der Waals surface area contributed by atoms with Crippen LogP contribution < -0.4 is 10.6 Å². The highest BCUT2D eigenvalue weighted by atomic mass is 16.5. The minimum Gasteiger partial charge on any atom is -0.453 e. The summed E-state index contributed by atoms with van der Waals surface area (Å²) in [7, 11) is 2.62. The molecular formula is C46H60N8O6. The Kier molecular flexibility index (Phi) is 11.4. The molecule has 0 radical (unpaired) electrons. The fourth-order valence-electron chi connectivity index (χ4n) is 10.6. The topological polar surface area (TPSA) is 175 Å². The summed E-state index contributed by atoms with van der Waals surface area (Å²) in [6.45, 7) is 8.95. The van der Waals surface area contributed by atoms with Crippen molar-refractivity contribution in [3.63, 3.8) is 0 Å². The number of rotatable bonds is 11. The number of likely N-dealkylation sites (tertiary alicyclic amines) is 2. The number of methoxy groups -OCH3 is 2. The fourth-order valence-corrected chi connectivity index (χ4v) is 10.6. The Morgan fingerprint density at radius 1 is 0.700 bits per heavy atom. The van der Waals surface area contributed by atoms with Crippen molar-refractivity contribution in [3.8, 4) is 11.1 Å². The number of nitrogens with zero attached hydrogens (tertiary/aromatic N) is 4. The lowest BCUT2D eigenvalue weighted by atomic mass is 9.51. The van der Waals surface area contributed by atoms with Gasteiger partial charge < -0.3 is 39.9 Å².